The van der Waals surface area contributed by atoms with Crippen molar-refractivity contribution in [1.29, 1.82) is 0 Å². The number of hydrogen-bond acceptors (Lipinski definition) is 18. The van der Waals surface area contributed by atoms with E-state index in [2.05, 4.69) is 39.7 Å². The van der Waals surface area contributed by atoms with Crippen LogP contribution in [0, 0.1) is 0 Å². The van der Waals surface area contributed by atoms with Crippen LogP contribution in [0.5, 0.6) is 5.75 Å². The van der Waals surface area contributed by atoms with Gasteiger partial charge in [0, 0.05) is 42.4 Å². The molecule has 20 heteroatoms. The van der Waals surface area contributed by atoms with Gasteiger partial charge in [-0.05, 0) is 93.7 Å². The minimum atomic E-state index is -0.837. The van der Waals surface area contributed by atoms with Crippen molar-refractivity contribution < 1.29 is 62.1 Å². The largest absolute Gasteiger partial charge is 0.491 e. The summed E-state index contributed by atoms with van der Waals surface area (Å²) in [4.78, 5) is 34.1. The monoisotopic (exact) mass is 1010 g/mol. The average Bonchev–Trinajstić information content (AvgIpc) is 3.85. The van der Waals surface area contributed by atoms with Gasteiger partial charge in [-0.15, -0.1) is 5.10 Å². The van der Waals surface area contributed by atoms with Crippen LogP contribution in [0.2, 0.25) is 0 Å². The number of nitrogens with one attached hydrogen (secondary N) is 1. The summed E-state index contributed by atoms with van der Waals surface area (Å²) in [7, 11) is 2.05. The minimum absolute atomic E-state index is 0.00830. The fraction of sp³-hybridized carbons (Fsp3) is 0.615. The Labute approximate surface area is 424 Å². The van der Waals surface area contributed by atoms with Gasteiger partial charge in [0.15, 0.2) is 0 Å². The number of carboxylic acid groups (broad SMARTS) is 1. The minimum Gasteiger partial charge on any atom is -0.491 e. The van der Waals surface area contributed by atoms with Gasteiger partial charge in [-0.2, -0.15) is 0 Å². The lowest BCUT2D eigenvalue weighted by molar-refractivity contribution is -0.137. The van der Waals surface area contributed by atoms with Crippen molar-refractivity contribution in [1.82, 2.24) is 29.9 Å². The number of aliphatic carboxylic acids is 1. The first-order valence-electron chi connectivity index (χ1n) is 25.3. The molecule has 398 valence electrons. The summed E-state index contributed by atoms with van der Waals surface area (Å²) >= 11 is 0. The molecule has 1 aliphatic rings. The fourth-order valence-corrected chi connectivity index (χ4v) is 7.54. The molecule has 5 rings (SSSR count). The molecule has 20 nitrogen and oxygen atoms in total. The molecule has 1 aliphatic heterocycles. The molecule has 0 saturated carbocycles. The second-order valence-corrected chi connectivity index (χ2v) is 17.1. The quantitative estimate of drug-likeness (QED) is 0.0444. The number of hydrogen-bond donors (Lipinski definition) is 2. The molecule has 4 heterocycles. The van der Waals surface area contributed by atoms with E-state index < -0.39 is 5.97 Å². The third-order valence-corrected chi connectivity index (χ3v) is 11.2. The predicted molar refractivity (Wildman–Crippen MR) is 269 cm³/mol. The van der Waals surface area contributed by atoms with Crippen LogP contribution in [0.25, 0.3) is 11.3 Å². The molecular formula is C52H77N7O13. The zero-order valence-corrected chi connectivity index (χ0v) is 42.2. The smallest absolute Gasteiger partial charge is 0.304 e. The third-order valence-electron chi connectivity index (χ3n) is 11.2. The van der Waals surface area contributed by atoms with E-state index >= 15 is 0 Å². The molecule has 3 aromatic heterocycles. The van der Waals surface area contributed by atoms with Gasteiger partial charge in [-0.1, -0.05) is 17.3 Å². The Morgan fingerprint density at radius 1 is 0.722 bits per heavy atom. The number of pyridine rings is 2. The summed E-state index contributed by atoms with van der Waals surface area (Å²) < 4.78 is 57.3. The number of aryl methyl sites for hydroxylation is 2. The SMILES string of the molecule is CN(CCCCc1ccc2c(n1)NCCC2)CC(CC(=O)O)c1cccc(-c2ccc(OCCOCCOCCOCCOCCn3cc(COCCOCCOCCOCCOCCC=O)nn3)cc2)n1. The van der Waals surface area contributed by atoms with Crippen LogP contribution < -0.4 is 10.1 Å². The van der Waals surface area contributed by atoms with E-state index in [0.29, 0.717) is 145 Å². The Morgan fingerprint density at radius 3 is 2.00 bits per heavy atom. The molecule has 1 unspecified atom stereocenters. The first-order valence-corrected chi connectivity index (χ1v) is 25.3. The summed E-state index contributed by atoms with van der Waals surface area (Å²) in [6.45, 7) is 11.5. The molecule has 0 radical (unpaired) electrons. The molecule has 0 fully saturated rings. The lowest BCUT2D eigenvalue weighted by Gasteiger charge is -2.23. The van der Waals surface area contributed by atoms with Crippen LogP contribution in [0.4, 0.5) is 5.82 Å². The molecule has 4 aromatic rings. The number of nitrogens with zero attached hydrogens (tertiary/aromatic N) is 6. The van der Waals surface area contributed by atoms with Crippen molar-refractivity contribution in [2.75, 3.05) is 151 Å². The van der Waals surface area contributed by atoms with Crippen LogP contribution in [0.1, 0.15) is 60.7 Å². The van der Waals surface area contributed by atoms with Gasteiger partial charge in [-0.3, -0.25) is 9.78 Å². The van der Waals surface area contributed by atoms with Gasteiger partial charge in [0.1, 0.15) is 30.2 Å². The van der Waals surface area contributed by atoms with E-state index in [9.17, 15) is 14.7 Å². The van der Waals surface area contributed by atoms with Crippen molar-refractivity contribution >= 4 is 18.1 Å². The highest BCUT2D eigenvalue weighted by atomic mass is 16.6. The Morgan fingerprint density at radius 2 is 1.35 bits per heavy atom. The van der Waals surface area contributed by atoms with Crippen LogP contribution in [0.3, 0.4) is 0 Å². The second-order valence-electron chi connectivity index (χ2n) is 17.1. The molecule has 1 atom stereocenters. The number of fused-ring (bicyclic) bond motifs is 1. The molecule has 0 amide bonds. The first kappa shape index (κ1) is 57.9. The van der Waals surface area contributed by atoms with Crippen LogP contribution in [0.15, 0.2) is 60.8 Å². The second kappa shape index (κ2) is 36.8. The standard InChI is InChI=1S/C52H77N7O13/c1-58(18-3-2-8-46-14-11-44-7-5-17-53-52(44)54-46)40-45(39-51(61)62)50-10-4-9-49(55-50)43-12-15-48(16-13-43)72-38-37-70-34-33-68-30-28-66-26-24-64-22-19-59-41-47(56-57-59)42-71-36-35-69-32-31-67-29-27-65-25-23-63-21-6-20-60/h4,9-16,20,41,45H,2-3,5-8,17-19,21-40,42H2,1H3,(H,53,54)(H,61,62). The molecule has 72 heavy (non-hydrogen) atoms. The number of anilines is 1. The highest BCUT2D eigenvalue weighted by Crippen LogP contribution is 2.26. The highest BCUT2D eigenvalue weighted by molar-refractivity contribution is 5.68. The summed E-state index contributed by atoms with van der Waals surface area (Å²) in [6, 6.07) is 17.9. The molecule has 0 bridgehead atoms. The average molecular weight is 1010 g/mol. The van der Waals surface area contributed by atoms with Crippen molar-refractivity contribution in [2.45, 2.75) is 64.0 Å². The van der Waals surface area contributed by atoms with Gasteiger partial charge in [0.05, 0.1) is 144 Å². The number of aldehydes is 1. The van der Waals surface area contributed by atoms with Crippen LogP contribution >= 0.6 is 0 Å². The van der Waals surface area contributed by atoms with Crippen molar-refractivity contribution in [3.63, 3.8) is 0 Å². The van der Waals surface area contributed by atoms with Gasteiger partial charge >= 0.3 is 5.97 Å². The lowest BCUT2D eigenvalue weighted by Crippen LogP contribution is -2.27. The van der Waals surface area contributed by atoms with E-state index in [4.69, 9.17) is 57.3 Å². The van der Waals surface area contributed by atoms with Crippen LogP contribution in [-0.4, -0.2) is 193 Å². The van der Waals surface area contributed by atoms with E-state index in [0.717, 1.165) is 91.4 Å². The zero-order valence-electron chi connectivity index (χ0n) is 42.2. The van der Waals surface area contributed by atoms with Gasteiger partial charge < -0.3 is 67.5 Å². The van der Waals surface area contributed by atoms with E-state index in [1.807, 2.05) is 48.7 Å². The maximum absolute atomic E-state index is 11.9. The number of aromatic nitrogens is 5. The number of benzene rings is 1. The van der Waals surface area contributed by atoms with Crippen molar-refractivity contribution in [2.24, 2.45) is 0 Å². The Bertz CT molecular complexity index is 2050. The Balaban J connectivity index is 0.807. The molecule has 2 N–H and O–H groups in total. The Hall–Kier alpha value is -5.00. The van der Waals surface area contributed by atoms with Crippen LogP contribution in [-0.2, 0) is 78.2 Å². The number of carboxylic acids is 1. The number of rotatable bonds is 44. The van der Waals surface area contributed by atoms with E-state index in [-0.39, 0.29) is 12.3 Å². The van der Waals surface area contributed by atoms with Crippen molar-refractivity contribution in [3.05, 3.63) is 83.4 Å². The molecule has 0 spiro atoms. The number of unbranched alkanes of at least 4 members (excludes halogenated alkanes) is 1. The zero-order chi connectivity index (χ0) is 50.5. The van der Waals surface area contributed by atoms with E-state index in [1.54, 1.807) is 4.68 Å². The summed E-state index contributed by atoms with van der Waals surface area (Å²) in [5, 5.41) is 21.4. The topological polar surface area (TPSA) is 218 Å². The molecule has 0 saturated heterocycles. The van der Waals surface area contributed by atoms with Gasteiger partial charge in [0.25, 0.3) is 0 Å². The van der Waals surface area contributed by atoms with Gasteiger partial charge in [0.2, 0.25) is 0 Å². The fourth-order valence-electron chi connectivity index (χ4n) is 7.54. The Kier molecular flexibility index (Phi) is 29.6. The third kappa shape index (κ3) is 25.1. The van der Waals surface area contributed by atoms with E-state index in [1.165, 1.54) is 5.56 Å². The lowest BCUT2D eigenvalue weighted by atomic mass is 9.99. The highest BCUT2D eigenvalue weighted by Gasteiger charge is 2.20. The normalized spacial score (nSPS) is 12.8. The maximum atomic E-state index is 11.9. The van der Waals surface area contributed by atoms with Gasteiger partial charge in [-0.25, -0.2) is 9.67 Å². The number of carbonyl (C=O) groups is 2. The maximum Gasteiger partial charge on any atom is 0.304 e. The number of ether oxygens (including phenoxy) is 10. The molecule has 0 aliphatic carbocycles. The summed E-state index contributed by atoms with van der Waals surface area (Å²) in [5.41, 5.74) is 5.63. The first-order chi connectivity index (χ1) is 35.5. The summed E-state index contributed by atoms with van der Waals surface area (Å²) in [5.74, 6) is 0.678. The molecular weight excluding hydrogens is 931 g/mol. The predicted octanol–water partition coefficient (Wildman–Crippen LogP) is 4.92. The summed E-state index contributed by atoms with van der Waals surface area (Å²) in [6.07, 6.45) is 8.25. The molecule has 1 aromatic carbocycles. The number of likely N-dealkylation sites (N-methyl/N-ethyl adjacent to an activating group) is 1. The number of carbonyl (C=O) groups excluding carboxylic acids is 1. The van der Waals surface area contributed by atoms with Crippen molar-refractivity contribution in [3.8, 4) is 17.0 Å².